The lowest BCUT2D eigenvalue weighted by Crippen LogP contribution is -2.31. The first-order valence-corrected chi connectivity index (χ1v) is 6.53. The van der Waals surface area contributed by atoms with Crippen molar-refractivity contribution in [2.75, 3.05) is 24.3 Å². The van der Waals surface area contributed by atoms with E-state index in [1.807, 2.05) is 6.92 Å². The molecule has 1 aromatic rings. The number of aryl methyl sites for hydroxylation is 1. The van der Waals surface area contributed by atoms with E-state index in [9.17, 15) is 0 Å². The Morgan fingerprint density at radius 2 is 2.06 bits per heavy atom. The number of hydrogen-bond donors (Lipinski definition) is 2. The van der Waals surface area contributed by atoms with E-state index in [4.69, 9.17) is 10.5 Å². The van der Waals surface area contributed by atoms with Crippen LogP contribution in [0.4, 0.5) is 11.9 Å². The van der Waals surface area contributed by atoms with E-state index < -0.39 is 0 Å². The van der Waals surface area contributed by atoms with Gasteiger partial charge in [-0.25, -0.2) is 0 Å². The van der Waals surface area contributed by atoms with E-state index in [1.165, 1.54) is 0 Å². The summed E-state index contributed by atoms with van der Waals surface area (Å²) in [5.41, 5.74) is 5.67. The molecule has 0 radical (unpaired) electrons. The van der Waals surface area contributed by atoms with Crippen LogP contribution >= 0.6 is 0 Å². The van der Waals surface area contributed by atoms with E-state index in [-0.39, 0.29) is 5.95 Å². The van der Waals surface area contributed by atoms with Gasteiger partial charge in [-0.05, 0) is 25.7 Å². The molecule has 1 aliphatic heterocycles. The minimum Gasteiger partial charge on any atom is -0.381 e. The van der Waals surface area contributed by atoms with Crippen molar-refractivity contribution in [1.29, 1.82) is 0 Å². The monoisotopic (exact) mass is 251 g/mol. The Balaban J connectivity index is 2.01. The molecule has 1 fully saturated rings. The summed E-state index contributed by atoms with van der Waals surface area (Å²) in [6.45, 7) is 5.84. The highest BCUT2D eigenvalue weighted by Crippen LogP contribution is 2.20. The second kappa shape index (κ2) is 5.95. The van der Waals surface area contributed by atoms with Gasteiger partial charge < -0.3 is 15.8 Å². The number of nitrogen functional groups attached to an aromatic ring is 1. The molecule has 6 nitrogen and oxygen atoms in total. The average molecular weight is 251 g/mol. The van der Waals surface area contributed by atoms with Gasteiger partial charge in [-0.15, -0.1) is 0 Å². The largest absolute Gasteiger partial charge is 0.381 e. The predicted octanol–water partition coefficient (Wildman–Crippen LogP) is 1.24. The van der Waals surface area contributed by atoms with Gasteiger partial charge in [0, 0.05) is 25.7 Å². The molecule has 0 amide bonds. The van der Waals surface area contributed by atoms with Crippen LogP contribution in [0.15, 0.2) is 0 Å². The Labute approximate surface area is 107 Å². The van der Waals surface area contributed by atoms with Gasteiger partial charge in [0.25, 0.3) is 0 Å². The zero-order valence-electron chi connectivity index (χ0n) is 11.0. The Bertz CT molecular complexity index is 392. The Morgan fingerprint density at radius 1 is 1.33 bits per heavy atom. The zero-order valence-corrected chi connectivity index (χ0v) is 11.0. The van der Waals surface area contributed by atoms with Gasteiger partial charge in [-0.1, -0.05) is 6.92 Å². The number of ether oxygens (including phenoxy) is 1. The summed E-state index contributed by atoms with van der Waals surface area (Å²) in [6.07, 6.45) is 2.91. The van der Waals surface area contributed by atoms with E-state index in [2.05, 4.69) is 27.2 Å². The number of hydrogen-bond acceptors (Lipinski definition) is 6. The normalized spacial score (nSPS) is 18.6. The van der Waals surface area contributed by atoms with E-state index in [0.717, 1.165) is 38.3 Å². The maximum Gasteiger partial charge on any atom is 0.227 e. The summed E-state index contributed by atoms with van der Waals surface area (Å²) in [5, 5.41) is 3.33. The van der Waals surface area contributed by atoms with Crippen molar-refractivity contribution in [2.24, 2.45) is 5.92 Å². The van der Waals surface area contributed by atoms with Gasteiger partial charge >= 0.3 is 0 Å². The van der Waals surface area contributed by atoms with Gasteiger partial charge in [0.2, 0.25) is 11.9 Å². The second-order valence-electron chi connectivity index (χ2n) is 4.67. The van der Waals surface area contributed by atoms with E-state index in [1.54, 1.807) is 0 Å². The van der Waals surface area contributed by atoms with Crippen molar-refractivity contribution in [2.45, 2.75) is 39.2 Å². The standard InChI is InChI=1S/C12H21N5O/c1-3-10-15-11(13)17-12(16-10)14-8(2)9-4-6-18-7-5-9/h8-9H,3-7H2,1-2H3,(H3,13,14,15,16,17). The SMILES string of the molecule is CCc1nc(N)nc(NC(C)C2CCOCC2)n1. The lowest BCUT2D eigenvalue weighted by molar-refractivity contribution is 0.0621. The number of nitrogens with two attached hydrogens (primary N) is 1. The summed E-state index contributed by atoms with van der Waals surface area (Å²) >= 11 is 0. The fourth-order valence-electron chi connectivity index (χ4n) is 2.20. The lowest BCUT2D eigenvalue weighted by atomic mass is 9.93. The van der Waals surface area contributed by atoms with E-state index in [0.29, 0.717) is 17.9 Å². The third-order valence-corrected chi connectivity index (χ3v) is 3.35. The molecule has 1 unspecified atom stereocenters. The molecule has 1 aromatic heterocycles. The molecule has 2 heterocycles. The van der Waals surface area contributed by atoms with Crippen molar-refractivity contribution in [1.82, 2.24) is 15.0 Å². The average Bonchev–Trinajstić information content (AvgIpc) is 2.39. The molecule has 0 saturated carbocycles. The molecule has 2 rings (SSSR count). The van der Waals surface area contributed by atoms with Crippen molar-refractivity contribution < 1.29 is 4.74 Å². The first-order chi connectivity index (χ1) is 8.69. The highest BCUT2D eigenvalue weighted by molar-refractivity contribution is 5.32. The number of nitrogens with one attached hydrogen (secondary N) is 1. The van der Waals surface area contributed by atoms with Crippen LogP contribution in [-0.4, -0.2) is 34.2 Å². The van der Waals surface area contributed by atoms with Crippen LogP contribution in [0.5, 0.6) is 0 Å². The Kier molecular flexibility index (Phi) is 4.30. The lowest BCUT2D eigenvalue weighted by Gasteiger charge is -2.28. The van der Waals surface area contributed by atoms with Gasteiger partial charge in [-0.2, -0.15) is 15.0 Å². The molecule has 0 bridgehead atoms. The molecule has 1 atom stereocenters. The molecular weight excluding hydrogens is 230 g/mol. The van der Waals surface area contributed by atoms with Crippen molar-refractivity contribution in [3.05, 3.63) is 5.82 Å². The summed E-state index contributed by atoms with van der Waals surface area (Å²) in [5.74, 6) is 2.19. The Morgan fingerprint density at radius 3 is 2.72 bits per heavy atom. The molecule has 18 heavy (non-hydrogen) atoms. The molecule has 1 saturated heterocycles. The summed E-state index contributed by atoms with van der Waals surface area (Å²) in [6, 6.07) is 0.320. The number of nitrogens with zero attached hydrogens (tertiary/aromatic N) is 3. The zero-order chi connectivity index (χ0) is 13.0. The van der Waals surface area contributed by atoms with Gasteiger partial charge in [0.15, 0.2) is 0 Å². The highest BCUT2D eigenvalue weighted by atomic mass is 16.5. The van der Waals surface area contributed by atoms with Gasteiger partial charge in [-0.3, -0.25) is 0 Å². The van der Waals surface area contributed by atoms with Crippen LogP contribution in [0.1, 0.15) is 32.5 Å². The molecule has 0 aromatic carbocycles. The fourth-order valence-corrected chi connectivity index (χ4v) is 2.20. The van der Waals surface area contributed by atoms with Crippen molar-refractivity contribution >= 4 is 11.9 Å². The van der Waals surface area contributed by atoms with Crippen LogP contribution in [0, 0.1) is 5.92 Å². The van der Waals surface area contributed by atoms with Crippen molar-refractivity contribution in [3.63, 3.8) is 0 Å². The summed E-state index contributed by atoms with van der Waals surface area (Å²) in [4.78, 5) is 12.5. The first kappa shape index (κ1) is 13.0. The molecule has 0 spiro atoms. The number of rotatable bonds is 4. The minimum absolute atomic E-state index is 0.281. The van der Waals surface area contributed by atoms with Crippen LogP contribution in [0.2, 0.25) is 0 Å². The molecular formula is C12H21N5O. The van der Waals surface area contributed by atoms with Gasteiger partial charge in [0.1, 0.15) is 5.82 Å². The molecule has 3 N–H and O–H groups in total. The number of anilines is 2. The molecule has 1 aliphatic rings. The molecule has 0 aliphatic carbocycles. The Hall–Kier alpha value is -1.43. The van der Waals surface area contributed by atoms with Crippen LogP contribution in [0.25, 0.3) is 0 Å². The van der Waals surface area contributed by atoms with E-state index >= 15 is 0 Å². The summed E-state index contributed by atoms with van der Waals surface area (Å²) in [7, 11) is 0. The molecule has 100 valence electrons. The first-order valence-electron chi connectivity index (χ1n) is 6.53. The maximum atomic E-state index is 5.67. The third kappa shape index (κ3) is 3.29. The summed E-state index contributed by atoms with van der Waals surface area (Å²) < 4.78 is 5.37. The smallest absolute Gasteiger partial charge is 0.227 e. The van der Waals surface area contributed by atoms with Crippen LogP contribution in [-0.2, 0) is 11.2 Å². The highest BCUT2D eigenvalue weighted by Gasteiger charge is 2.21. The maximum absolute atomic E-state index is 5.67. The topological polar surface area (TPSA) is 86.0 Å². The van der Waals surface area contributed by atoms with Crippen LogP contribution in [0.3, 0.4) is 0 Å². The third-order valence-electron chi connectivity index (χ3n) is 3.35. The molecule has 6 heteroatoms. The van der Waals surface area contributed by atoms with Crippen molar-refractivity contribution in [3.8, 4) is 0 Å². The van der Waals surface area contributed by atoms with Crippen LogP contribution < -0.4 is 11.1 Å². The fraction of sp³-hybridized carbons (Fsp3) is 0.750. The van der Waals surface area contributed by atoms with Gasteiger partial charge in [0.05, 0.1) is 0 Å². The predicted molar refractivity (Wildman–Crippen MR) is 70.2 cm³/mol. The minimum atomic E-state index is 0.281. The quantitative estimate of drug-likeness (QED) is 0.837. The number of aromatic nitrogens is 3. The second-order valence-corrected chi connectivity index (χ2v) is 4.67.